The van der Waals surface area contributed by atoms with Crippen LogP contribution in [0.5, 0.6) is 0 Å². The van der Waals surface area contributed by atoms with Crippen LogP contribution in [0.4, 0.5) is 5.69 Å². The first kappa shape index (κ1) is 16.5. The number of benzene rings is 1. The standard InChI is InChI=1S/C14H18ClNO4/c1-9-6-11(15)4-5-12(9)16(13(17)8-20-3)7-10(2)14(18)19/h4-6,10H,7-8H2,1-3H3,(H,18,19). The molecule has 5 nitrogen and oxygen atoms in total. The largest absolute Gasteiger partial charge is 0.481 e. The van der Waals surface area contributed by atoms with E-state index < -0.39 is 11.9 Å². The highest BCUT2D eigenvalue weighted by Gasteiger charge is 2.23. The number of aryl methyl sites for hydroxylation is 1. The molecule has 1 aromatic rings. The summed E-state index contributed by atoms with van der Waals surface area (Å²) >= 11 is 5.90. The molecule has 0 bridgehead atoms. The van der Waals surface area contributed by atoms with Crippen LogP contribution in [-0.2, 0) is 14.3 Å². The van der Waals surface area contributed by atoms with Gasteiger partial charge in [-0.05, 0) is 30.7 Å². The van der Waals surface area contributed by atoms with Gasteiger partial charge in [0.15, 0.2) is 0 Å². The van der Waals surface area contributed by atoms with E-state index in [1.54, 1.807) is 25.1 Å². The molecule has 6 heteroatoms. The number of halogens is 1. The van der Waals surface area contributed by atoms with Crippen LogP contribution in [-0.4, -0.2) is 37.2 Å². The van der Waals surface area contributed by atoms with Gasteiger partial charge in [-0.15, -0.1) is 0 Å². The van der Waals surface area contributed by atoms with E-state index in [2.05, 4.69) is 0 Å². The Morgan fingerprint density at radius 3 is 2.60 bits per heavy atom. The van der Waals surface area contributed by atoms with E-state index in [1.807, 2.05) is 6.92 Å². The molecule has 1 rings (SSSR count). The van der Waals surface area contributed by atoms with Crippen LogP contribution in [0.2, 0.25) is 5.02 Å². The van der Waals surface area contributed by atoms with Crippen molar-refractivity contribution in [2.75, 3.05) is 25.2 Å². The lowest BCUT2D eigenvalue weighted by atomic mass is 10.1. The van der Waals surface area contributed by atoms with Gasteiger partial charge in [0.25, 0.3) is 5.91 Å². The number of hydrogen-bond donors (Lipinski definition) is 1. The fourth-order valence-corrected chi connectivity index (χ4v) is 2.04. The minimum Gasteiger partial charge on any atom is -0.481 e. The van der Waals surface area contributed by atoms with Crippen molar-refractivity contribution in [3.63, 3.8) is 0 Å². The second-order valence-corrected chi connectivity index (χ2v) is 5.04. The van der Waals surface area contributed by atoms with Crippen LogP contribution in [0.1, 0.15) is 12.5 Å². The Morgan fingerprint density at radius 1 is 1.45 bits per heavy atom. The molecule has 110 valence electrons. The summed E-state index contributed by atoms with van der Waals surface area (Å²) in [6, 6.07) is 5.11. The summed E-state index contributed by atoms with van der Waals surface area (Å²) in [7, 11) is 1.42. The first-order valence-corrected chi connectivity index (χ1v) is 6.53. The molecule has 20 heavy (non-hydrogen) atoms. The monoisotopic (exact) mass is 299 g/mol. The van der Waals surface area contributed by atoms with Gasteiger partial charge in [0, 0.05) is 24.4 Å². The van der Waals surface area contributed by atoms with Crippen molar-refractivity contribution in [1.29, 1.82) is 0 Å². The number of carbonyl (C=O) groups is 2. The Bertz CT molecular complexity index is 504. The lowest BCUT2D eigenvalue weighted by Gasteiger charge is -2.26. The zero-order valence-corrected chi connectivity index (χ0v) is 12.5. The molecule has 0 aliphatic rings. The molecule has 0 radical (unpaired) electrons. The van der Waals surface area contributed by atoms with E-state index in [-0.39, 0.29) is 19.1 Å². The number of amides is 1. The molecule has 0 spiro atoms. The van der Waals surface area contributed by atoms with Crippen LogP contribution >= 0.6 is 11.6 Å². The third-order valence-corrected chi connectivity index (χ3v) is 3.13. The molecular formula is C14H18ClNO4. The van der Waals surface area contributed by atoms with E-state index in [4.69, 9.17) is 21.4 Å². The van der Waals surface area contributed by atoms with E-state index in [1.165, 1.54) is 12.0 Å². The molecule has 1 atom stereocenters. The molecule has 1 unspecified atom stereocenters. The maximum atomic E-state index is 12.1. The van der Waals surface area contributed by atoms with Crippen LogP contribution < -0.4 is 4.90 Å². The van der Waals surface area contributed by atoms with Crippen molar-refractivity contribution < 1.29 is 19.4 Å². The van der Waals surface area contributed by atoms with Crippen LogP contribution in [0.25, 0.3) is 0 Å². The van der Waals surface area contributed by atoms with Crippen molar-refractivity contribution >= 4 is 29.2 Å². The first-order chi connectivity index (χ1) is 9.36. The maximum absolute atomic E-state index is 12.1. The molecule has 0 fully saturated rings. The highest BCUT2D eigenvalue weighted by atomic mass is 35.5. The Kier molecular flexibility index (Phi) is 5.98. The van der Waals surface area contributed by atoms with Gasteiger partial charge in [0.1, 0.15) is 6.61 Å². The predicted octanol–water partition coefficient (Wildman–Crippen LogP) is 2.35. The number of carbonyl (C=O) groups excluding carboxylic acids is 1. The molecular weight excluding hydrogens is 282 g/mol. The zero-order chi connectivity index (χ0) is 15.3. The van der Waals surface area contributed by atoms with Gasteiger partial charge in [-0.25, -0.2) is 0 Å². The molecule has 0 heterocycles. The Hall–Kier alpha value is -1.59. The lowest BCUT2D eigenvalue weighted by molar-refractivity contribution is -0.140. The number of rotatable bonds is 6. The minimum absolute atomic E-state index is 0.0833. The van der Waals surface area contributed by atoms with Gasteiger partial charge in [0.2, 0.25) is 0 Å². The number of anilines is 1. The number of ether oxygens (including phenoxy) is 1. The van der Waals surface area contributed by atoms with Crippen LogP contribution in [0.3, 0.4) is 0 Å². The number of nitrogens with zero attached hydrogens (tertiary/aromatic N) is 1. The number of aliphatic carboxylic acids is 1. The molecule has 0 aromatic heterocycles. The van der Waals surface area contributed by atoms with Crippen molar-refractivity contribution in [1.82, 2.24) is 0 Å². The number of hydrogen-bond acceptors (Lipinski definition) is 3. The summed E-state index contributed by atoms with van der Waals surface area (Å²) in [4.78, 5) is 24.5. The third-order valence-electron chi connectivity index (χ3n) is 2.90. The van der Waals surface area contributed by atoms with Crippen molar-refractivity contribution in [3.8, 4) is 0 Å². The first-order valence-electron chi connectivity index (χ1n) is 6.15. The SMILES string of the molecule is COCC(=O)N(CC(C)C(=O)O)c1ccc(Cl)cc1C. The lowest BCUT2D eigenvalue weighted by Crippen LogP contribution is -2.39. The molecule has 0 saturated carbocycles. The highest BCUT2D eigenvalue weighted by Crippen LogP contribution is 2.24. The molecule has 0 saturated heterocycles. The number of methoxy groups -OCH3 is 1. The normalized spacial score (nSPS) is 12.0. The maximum Gasteiger partial charge on any atom is 0.308 e. The Labute approximate surface area is 123 Å². The van der Waals surface area contributed by atoms with Gasteiger partial charge >= 0.3 is 5.97 Å². The Balaban J connectivity index is 3.09. The van der Waals surface area contributed by atoms with E-state index >= 15 is 0 Å². The van der Waals surface area contributed by atoms with E-state index in [9.17, 15) is 9.59 Å². The quantitative estimate of drug-likeness (QED) is 0.875. The fourth-order valence-electron chi connectivity index (χ4n) is 1.81. The average molecular weight is 300 g/mol. The van der Waals surface area contributed by atoms with Crippen molar-refractivity contribution in [3.05, 3.63) is 28.8 Å². The third kappa shape index (κ3) is 4.21. The minimum atomic E-state index is -0.952. The zero-order valence-electron chi connectivity index (χ0n) is 11.7. The van der Waals surface area contributed by atoms with Gasteiger partial charge in [-0.2, -0.15) is 0 Å². The summed E-state index contributed by atoms with van der Waals surface area (Å²) in [6.07, 6.45) is 0. The second-order valence-electron chi connectivity index (χ2n) is 4.61. The van der Waals surface area contributed by atoms with Crippen molar-refractivity contribution in [2.24, 2.45) is 5.92 Å². The van der Waals surface area contributed by atoms with Gasteiger partial charge < -0.3 is 14.7 Å². The predicted molar refractivity (Wildman–Crippen MR) is 77.2 cm³/mol. The summed E-state index contributed by atoms with van der Waals surface area (Å²) in [5.74, 6) is -1.91. The molecule has 1 N–H and O–H groups in total. The molecule has 0 aliphatic carbocycles. The van der Waals surface area contributed by atoms with E-state index in [0.29, 0.717) is 10.7 Å². The summed E-state index contributed by atoms with van der Waals surface area (Å²) in [6.45, 7) is 3.36. The van der Waals surface area contributed by atoms with Crippen LogP contribution in [0, 0.1) is 12.8 Å². The smallest absolute Gasteiger partial charge is 0.308 e. The summed E-state index contributed by atoms with van der Waals surface area (Å²) in [5.41, 5.74) is 1.45. The summed E-state index contributed by atoms with van der Waals surface area (Å²) in [5, 5.41) is 9.58. The van der Waals surface area contributed by atoms with Gasteiger partial charge in [-0.3, -0.25) is 9.59 Å². The van der Waals surface area contributed by atoms with Crippen molar-refractivity contribution in [2.45, 2.75) is 13.8 Å². The molecule has 1 amide bonds. The Morgan fingerprint density at radius 2 is 2.10 bits per heavy atom. The second kappa shape index (κ2) is 7.26. The molecule has 1 aromatic carbocycles. The van der Waals surface area contributed by atoms with Gasteiger partial charge in [0.05, 0.1) is 5.92 Å². The number of carboxylic acids is 1. The highest BCUT2D eigenvalue weighted by molar-refractivity contribution is 6.30. The van der Waals surface area contributed by atoms with Crippen LogP contribution in [0.15, 0.2) is 18.2 Å². The average Bonchev–Trinajstić information content (AvgIpc) is 2.36. The van der Waals surface area contributed by atoms with Gasteiger partial charge in [-0.1, -0.05) is 18.5 Å². The van der Waals surface area contributed by atoms with E-state index in [0.717, 1.165) is 5.56 Å². The number of carboxylic acid groups (broad SMARTS) is 1. The topological polar surface area (TPSA) is 66.8 Å². The molecule has 0 aliphatic heterocycles. The summed E-state index contributed by atoms with van der Waals surface area (Å²) < 4.78 is 4.85. The fraction of sp³-hybridized carbons (Fsp3) is 0.429.